The molecule has 0 aromatic heterocycles. The Bertz CT molecular complexity index is 485. The molecule has 1 aromatic rings. The number of carbonyl (C=O) groups excluding carboxylic acids is 1. The summed E-state index contributed by atoms with van der Waals surface area (Å²) in [7, 11) is 4.46. The van der Waals surface area contributed by atoms with Gasteiger partial charge in [-0.25, -0.2) is 9.69 Å². The van der Waals surface area contributed by atoms with Crippen molar-refractivity contribution in [2.24, 2.45) is 5.73 Å². The Labute approximate surface area is 111 Å². The van der Waals surface area contributed by atoms with E-state index in [0.29, 0.717) is 22.8 Å². The van der Waals surface area contributed by atoms with Crippen LogP contribution >= 0.6 is 0 Å². The number of benzene rings is 1. The van der Waals surface area contributed by atoms with Gasteiger partial charge in [0.15, 0.2) is 17.7 Å². The second-order valence-corrected chi connectivity index (χ2v) is 3.56. The molecule has 7 nitrogen and oxygen atoms in total. The van der Waals surface area contributed by atoms with Crippen LogP contribution in [0.15, 0.2) is 12.1 Å². The summed E-state index contributed by atoms with van der Waals surface area (Å²) in [5.74, 6) is 1.33. The minimum absolute atomic E-state index is 0.0303. The summed E-state index contributed by atoms with van der Waals surface area (Å²) in [6.45, 7) is 0.0303. The summed E-state index contributed by atoms with van der Waals surface area (Å²) >= 11 is 0. The van der Waals surface area contributed by atoms with E-state index < -0.39 is 6.03 Å². The summed E-state index contributed by atoms with van der Waals surface area (Å²) in [6, 6.07) is 2.47. The number of methoxy groups -OCH3 is 3. The minimum atomic E-state index is -0.823. The van der Waals surface area contributed by atoms with E-state index in [4.69, 9.17) is 25.2 Å². The Morgan fingerprint density at radius 3 is 2.11 bits per heavy atom. The zero-order chi connectivity index (χ0) is 14.4. The maximum absolute atomic E-state index is 11.0. The molecule has 0 heterocycles. The van der Waals surface area contributed by atoms with Crippen molar-refractivity contribution in [2.75, 3.05) is 21.3 Å². The average Bonchev–Trinajstić information content (AvgIpc) is 2.42. The van der Waals surface area contributed by atoms with Gasteiger partial charge >= 0.3 is 6.03 Å². The predicted octanol–water partition coefficient (Wildman–Crippen LogP) is 1.07. The molecule has 0 aliphatic heterocycles. The molecule has 7 heteroatoms. The first kappa shape index (κ1) is 14.4. The summed E-state index contributed by atoms with van der Waals surface area (Å²) in [4.78, 5) is 11.8. The zero-order valence-electron chi connectivity index (χ0n) is 11.0. The second-order valence-electron chi connectivity index (χ2n) is 3.56. The number of hydrogen-bond donors (Lipinski definition) is 1. The Morgan fingerprint density at radius 1 is 1.26 bits per heavy atom. The molecule has 102 valence electrons. The van der Waals surface area contributed by atoms with Crippen molar-refractivity contribution in [3.63, 3.8) is 0 Å². The Balaban J connectivity index is 3.16. The molecule has 0 bridgehead atoms. The first-order valence-corrected chi connectivity index (χ1v) is 5.33. The number of primary amides is 1. The highest BCUT2D eigenvalue weighted by Crippen LogP contribution is 2.38. The van der Waals surface area contributed by atoms with Crippen molar-refractivity contribution in [1.29, 1.82) is 5.26 Å². The third-order valence-electron chi connectivity index (χ3n) is 2.45. The number of hydrogen-bond acceptors (Lipinski definition) is 5. The number of nitrogens with zero attached hydrogens (tertiary/aromatic N) is 2. The lowest BCUT2D eigenvalue weighted by molar-refractivity contribution is 0.225. The van der Waals surface area contributed by atoms with Gasteiger partial charge in [-0.3, -0.25) is 0 Å². The second kappa shape index (κ2) is 6.35. The van der Waals surface area contributed by atoms with Gasteiger partial charge in [0.2, 0.25) is 5.75 Å². The standard InChI is InChI=1S/C12H15N3O4/c1-17-9-4-8(6-15(7-13)12(14)16)5-10(18-2)11(9)19-3/h4-5H,6H2,1-3H3,(H2,14,16). The quantitative estimate of drug-likeness (QED) is 0.634. The van der Waals surface area contributed by atoms with Gasteiger partial charge in [0, 0.05) is 0 Å². The molecule has 0 saturated heterocycles. The maximum Gasteiger partial charge on any atom is 0.328 e. The Morgan fingerprint density at radius 2 is 1.79 bits per heavy atom. The van der Waals surface area contributed by atoms with Crippen LogP contribution < -0.4 is 19.9 Å². The van der Waals surface area contributed by atoms with Gasteiger partial charge in [-0.15, -0.1) is 0 Å². The van der Waals surface area contributed by atoms with Gasteiger partial charge in [-0.05, 0) is 17.7 Å². The Kier molecular flexibility index (Phi) is 4.83. The van der Waals surface area contributed by atoms with E-state index in [1.54, 1.807) is 18.3 Å². The zero-order valence-corrected chi connectivity index (χ0v) is 11.0. The van der Waals surface area contributed by atoms with Crippen LogP contribution in [0.5, 0.6) is 17.2 Å². The normalized spacial score (nSPS) is 9.37. The van der Waals surface area contributed by atoms with Gasteiger partial charge in [-0.2, -0.15) is 5.26 Å². The number of nitrogens with two attached hydrogens (primary N) is 1. The average molecular weight is 265 g/mol. The number of rotatable bonds is 5. The van der Waals surface area contributed by atoms with Crippen LogP contribution in [0.2, 0.25) is 0 Å². The van der Waals surface area contributed by atoms with Crippen LogP contribution in [0.4, 0.5) is 4.79 Å². The molecular formula is C12H15N3O4. The van der Waals surface area contributed by atoms with Crippen LogP contribution in [-0.2, 0) is 6.54 Å². The van der Waals surface area contributed by atoms with E-state index in [0.717, 1.165) is 4.90 Å². The molecule has 0 saturated carbocycles. The number of urea groups is 1. The van der Waals surface area contributed by atoms with Gasteiger partial charge in [-0.1, -0.05) is 0 Å². The lowest BCUT2D eigenvalue weighted by atomic mass is 10.1. The number of amides is 2. The third kappa shape index (κ3) is 3.19. The Hall–Kier alpha value is -2.62. The highest BCUT2D eigenvalue weighted by atomic mass is 16.5. The van der Waals surface area contributed by atoms with E-state index in [9.17, 15) is 4.79 Å². The van der Waals surface area contributed by atoms with Gasteiger partial charge < -0.3 is 19.9 Å². The highest BCUT2D eigenvalue weighted by molar-refractivity contribution is 5.73. The van der Waals surface area contributed by atoms with Gasteiger partial charge in [0.25, 0.3) is 0 Å². The third-order valence-corrected chi connectivity index (χ3v) is 2.45. The van der Waals surface area contributed by atoms with E-state index >= 15 is 0 Å². The predicted molar refractivity (Wildman–Crippen MR) is 66.8 cm³/mol. The van der Waals surface area contributed by atoms with Gasteiger partial charge in [0.1, 0.15) is 0 Å². The fourth-order valence-corrected chi connectivity index (χ4v) is 1.57. The summed E-state index contributed by atoms with van der Waals surface area (Å²) in [6.07, 6.45) is 1.70. The molecule has 0 aliphatic rings. The van der Waals surface area contributed by atoms with E-state index in [-0.39, 0.29) is 6.54 Å². The lowest BCUT2D eigenvalue weighted by Gasteiger charge is -2.16. The minimum Gasteiger partial charge on any atom is -0.493 e. The molecule has 0 aliphatic carbocycles. The topological polar surface area (TPSA) is 97.8 Å². The van der Waals surface area contributed by atoms with Crippen molar-refractivity contribution in [3.8, 4) is 23.4 Å². The molecule has 0 atom stereocenters. The lowest BCUT2D eigenvalue weighted by Crippen LogP contribution is -2.30. The van der Waals surface area contributed by atoms with Crippen LogP contribution in [0.3, 0.4) is 0 Å². The van der Waals surface area contributed by atoms with E-state index in [1.165, 1.54) is 21.3 Å². The maximum atomic E-state index is 11.0. The summed E-state index contributed by atoms with van der Waals surface area (Å²) < 4.78 is 15.5. The van der Waals surface area contributed by atoms with Crippen LogP contribution in [0.25, 0.3) is 0 Å². The molecular weight excluding hydrogens is 250 g/mol. The molecule has 1 rings (SSSR count). The van der Waals surface area contributed by atoms with E-state index in [2.05, 4.69) is 0 Å². The van der Waals surface area contributed by atoms with Crippen molar-refractivity contribution >= 4 is 6.03 Å². The monoisotopic (exact) mass is 265 g/mol. The van der Waals surface area contributed by atoms with Crippen molar-refractivity contribution in [2.45, 2.75) is 6.54 Å². The van der Waals surface area contributed by atoms with Gasteiger partial charge in [0.05, 0.1) is 27.9 Å². The van der Waals surface area contributed by atoms with Crippen LogP contribution in [0, 0.1) is 11.5 Å². The van der Waals surface area contributed by atoms with E-state index in [1.807, 2.05) is 0 Å². The molecule has 0 spiro atoms. The largest absolute Gasteiger partial charge is 0.493 e. The van der Waals surface area contributed by atoms with Crippen LogP contribution in [-0.4, -0.2) is 32.3 Å². The number of ether oxygens (including phenoxy) is 3. The molecule has 0 unspecified atom stereocenters. The highest BCUT2D eigenvalue weighted by Gasteiger charge is 2.16. The molecule has 0 radical (unpaired) electrons. The number of nitriles is 1. The first-order valence-electron chi connectivity index (χ1n) is 5.33. The SMILES string of the molecule is COc1cc(CN(C#N)C(N)=O)cc(OC)c1OC. The van der Waals surface area contributed by atoms with Crippen molar-refractivity contribution in [3.05, 3.63) is 17.7 Å². The van der Waals surface area contributed by atoms with Crippen molar-refractivity contribution < 1.29 is 19.0 Å². The molecule has 2 amide bonds. The number of carbonyl (C=O) groups is 1. The smallest absolute Gasteiger partial charge is 0.328 e. The first-order chi connectivity index (χ1) is 9.07. The molecule has 19 heavy (non-hydrogen) atoms. The summed E-state index contributed by atoms with van der Waals surface area (Å²) in [5.41, 5.74) is 5.70. The fourth-order valence-electron chi connectivity index (χ4n) is 1.57. The summed E-state index contributed by atoms with van der Waals surface area (Å²) in [5, 5.41) is 8.80. The fraction of sp³-hybridized carbons (Fsp3) is 0.333. The molecule has 1 aromatic carbocycles. The van der Waals surface area contributed by atoms with Crippen LogP contribution in [0.1, 0.15) is 5.56 Å². The van der Waals surface area contributed by atoms with Crippen molar-refractivity contribution in [1.82, 2.24) is 4.90 Å². The molecule has 0 fully saturated rings. The molecule has 2 N–H and O–H groups in total.